The van der Waals surface area contributed by atoms with Crippen LogP contribution >= 0.6 is 11.3 Å². The zero-order valence-electron chi connectivity index (χ0n) is 10.3. The van der Waals surface area contributed by atoms with Crippen LogP contribution in [-0.4, -0.2) is 16.2 Å². The lowest BCUT2D eigenvalue weighted by atomic mass is 10.3. The van der Waals surface area contributed by atoms with E-state index >= 15 is 0 Å². The molecule has 3 heterocycles. The van der Waals surface area contributed by atoms with Gasteiger partial charge in [-0.3, -0.25) is 5.43 Å². The van der Waals surface area contributed by atoms with Crippen molar-refractivity contribution in [2.24, 2.45) is 5.10 Å². The normalized spacial score (nSPS) is 11.4. The zero-order valence-corrected chi connectivity index (χ0v) is 11.1. The molecule has 0 saturated heterocycles. The van der Waals surface area contributed by atoms with Gasteiger partial charge in [0, 0.05) is 4.88 Å². The molecule has 0 atom stereocenters. The minimum Gasteiger partial charge on any atom is -0.463 e. The summed E-state index contributed by atoms with van der Waals surface area (Å²) in [5.74, 6) is 1.40. The number of nitrogens with zero attached hydrogens (tertiary/aromatic N) is 3. The van der Waals surface area contributed by atoms with E-state index in [1.807, 2.05) is 12.1 Å². The van der Waals surface area contributed by atoms with Crippen molar-refractivity contribution < 1.29 is 4.42 Å². The highest BCUT2D eigenvalue weighted by molar-refractivity contribution is 7.18. The number of nitrogens with one attached hydrogen (secondary N) is 1. The van der Waals surface area contributed by atoms with Crippen molar-refractivity contribution in [3.05, 3.63) is 41.4 Å². The average Bonchev–Trinajstić information content (AvgIpc) is 3.07. The van der Waals surface area contributed by atoms with Gasteiger partial charge in [0.05, 0.1) is 17.9 Å². The molecule has 3 aromatic heterocycles. The fraction of sp³-hybridized carbons (Fsp3) is 0.154. The molecule has 0 radical (unpaired) electrons. The van der Waals surface area contributed by atoms with E-state index in [4.69, 9.17) is 4.42 Å². The van der Waals surface area contributed by atoms with Gasteiger partial charge in [-0.1, -0.05) is 6.92 Å². The molecule has 19 heavy (non-hydrogen) atoms. The molecule has 3 rings (SSSR count). The monoisotopic (exact) mass is 272 g/mol. The second kappa shape index (κ2) is 5.19. The van der Waals surface area contributed by atoms with Gasteiger partial charge >= 0.3 is 0 Å². The first-order chi connectivity index (χ1) is 9.36. The number of hydrazone groups is 1. The van der Waals surface area contributed by atoms with Crippen LogP contribution in [-0.2, 0) is 6.42 Å². The van der Waals surface area contributed by atoms with Crippen LogP contribution < -0.4 is 5.43 Å². The average molecular weight is 272 g/mol. The van der Waals surface area contributed by atoms with E-state index in [1.54, 1.807) is 30.1 Å². The Morgan fingerprint density at radius 3 is 3.21 bits per heavy atom. The van der Waals surface area contributed by atoms with E-state index < -0.39 is 0 Å². The van der Waals surface area contributed by atoms with E-state index in [0.717, 1.165) is 16.6 Å². The molecule has 96 valence electrons. The van der Waals surface area contributed by atoms with Gasteiger partial charge in [-0.05, 0) is 24.6 Å². The molecule has 0 aliphatic carbocycles. The van der Waals surface area contributed by atoms with Crippen LogP contribution in [0.5, 0.6) is 0 Å². The Kier molecular flexibility index (Phi) is 3.24. The SMILES string of the molecule is CCc1cc2c(NN=Cc3ccco3)ncnc2s1. The molecule has 5 nitrogen and oxygen atoms in total. The molecule has 0 bridgehead atoms. The van der Waals surface area contributed by atoms with Crippen molar-refractivity contribution >= 4 is 33.6 Å². The summed E-state index contributed by atoms with van der Waals surface area (Å²) in [7, 11) is 0. The van der Waals surface area contributed by atoms with Crippen molar-refractivity contribution in [1.82, 2.24) is 9.97 Å². The van der Waals surface area contributed by atoms with Crippen molar-refractivity contribution in [1.29, 1.82) is 0 Å². The quantitative estimate of drug-likeness (QED) is 0.584. The first kappa shape index (κ1) is 11.9. The predicted molar refractivity (Wildman–Crippen MR) is 76.7 cm³/mol. The summed E-state index contributed by atoms with van der Waals surface area (Å²) in [5, 5.41) is 5.12. The van der Waals surface area contributed by atoms with Gasteiger partial charge in [0.1, 0.15) is 16.9 Å². The van der Waals surface area contributed by atoms with Crippen molar-refractivity contribution in [2.75, 3.05) is 5.43 Å². The lowest BCUT2D eigenvalue weighted by molar-refractivity contribution is 0.560. The molecule has 3 aromatic rings. The number of hydrogen-bond acceptors (Lipinski definition) is 6. The second-order valence-corrected chi connectivity index (χ2v) is 5.01. The molecular formula is C13H12N4OS. The molecule has 1 N–H and O–H groups in total. The van der Waals surface area contributed by atoms with Crippen LogP contribution in [0.3, 0.4) is 0 Å². The number of aromatic nitrogens is 2. The van der Waals surface area contributed by atoms with Gasteiger partial charge in [-0.25, -0.2) is 9.97 Å². The van der Waals surface area contributed by atoms with Gasteiger partial charge in [0.15, 0.2) is 5.82 Å². The highest BCUT2D eigenvalue weighted by atomic mass is 32.1. The van der Waals surface area contributed by atoms with Gasteiger partial charge < -0.3 is 4.42 Å². The zero-order chi connectivity index (χ0) is 13.1. The number of anilines is 1. The standard InChI is InChI=1S/C13H12N4OS/c1-2-10-6-11-12(14-8-15-13(11)19-10)17-16-7-9-4-3-5-18-9/h3-8H,2H2,1H3,(H,14,15,17). The Hall–Kier alpha value is -2.21. The maximum absolute atomic E-state index is 5.16. The third-order valence-corrected chi connectivity index (χ3v) is 3.82. The fourth-order valence-corrected chi connectivity index (χ4v) is 2.63. The van der Waals surface area contributed by atoms with E-state index in [1.165, 1.54) is 4.88 Å². The molecule has 0 unspecified atom stereocenters. The maximum atomic E-state index is 5.16. The summed E-state index contributed by atoms with van der Waals surface area (Å²) in [6.45, 7) is 2.13. The number of thiophene rings is 1. The van der Waals surface area contributed by atoms with Crippen LogP contribution in [0, 0.1) is 0 Å². The molecule has 0 amide bonds. The summed E-state index contributed by atoms with van der Waals surface area (Å²) in [6.07, 6.45) is 5.76. The number of fused-ring (bicyclic) bond motifs is 1. The first-order valence-corrected chi connectivity index (χ1v) is 6.74. The molecule has 0 saturated carbocycles. The van der Waals surface area contributed by atoms with Crippen LogP contribution in [0.25, 0.3) is 10.2 Å². The van der Waals surface area contributed by atoms with Crippen LogP contribution in [0.15, 0.2) is 40.3 Å². The third kappa shape index (κ3) is 2.48. The van der Waals surface area contributed by atoms with Crippen LogP contribution in [0.1, 0.15) is 17.6 Å². The van der Waals surface area contributed by atoms with Crippen molar-refractivity contribution in [3.8, 4) is 0 Å². The van der Waals surface area contributed by atoms with Gasteiger partial charge in [0.25, 0.3) is 0 Å². The summed E-state index contributed by atoms with van der Waals surface area (Å²) < 4.78 is 5.16. The topological polar surface area (TPSA) is 63.3 Å². The highest BCUT2D eigenvalue weighted by Gasteiger charge is 2.06. The molecule has 0 aliphatic heterocycles. The predicted octanol–water partition coefficient (Wildman–Crippen LogP) is 3.29. The lowest BCUT2D eigenvalue weighted by Crippen LogP contribution is -1.94. The van der Waals surface area contributed by atoms with Crippen LogP contribution in [0.2, 0.25) is 0 Å². The molecular weight excluding hydrogens is 260 g/mol. The van der Waals surface area contributed by atoms with E-state index in [9.17, 15) is 0 Å². The van der Waals surface area contributed by atoms with Gasteiger partial charge in [-0.2, -0.15) is 5.10 Å². The third-order valence-electron chi connectivity index (χ3n) is 2.63. The Morgan fingerprint density at radius 1 is 1.47 bits per heavy atom. The van der Waals surface area contributed by atoms with Crippen molar-refractivity contribution in [2.45, 2.75) is 13.3 Å². The van der Waals surface area contributed by atoms with E-state index in [2.05, 4.69) is 33.5 Å². The largest absolute Gasteiger partial charge is 0.463 e. The molecule has 0 spiro atoms. The Balaban J connectivity index is 1.86. The van der Waals surface area contributed by atoms with E-state index in [-0.39, 0.29) is 0 Å². The lowest BCUT2D eigenvalue weighted by Gasteiger charge is -1.99. The van der Waals surface area contributed by atoms with Crippen molar-refractivity contribution in [3.63, 3.8) is 0 Å². The minimum absolute atomic E-state index is 0.692. The minimum atomic E-state index is 0.692. The van der Waals surface area contributed by atoms with Gasteiger partial charge in [-0.15, -0.1) is 11.3 Å². The smallest absolute Gasteiger partial charge is 0.158 e. The summed E-state index contributed by atoms with van der Waals surface area (Å²) >= 11 is 1.68. The Labute approximate surface area is 114 Å². The van der Waals surface area contributed by atoms with E-state index in [0.29, 0.717) is 11.6 Å². The maximum Gasteiger partial charge on any atom is 0.158 e. The second-order valence-electron chi connectivity index (χ2n) is 3.89. The Morgan fingerprint density at radius 2 is 2.42 bits per heavy atom. The summed E-state index contributed by atoms with van der Waals surface area (Å²) in [4.78, 5) is 10.7. The number of rotatable bonds is 4. The van der Waals surface area contributed by atoms with Crippen LogP contribution in [0.4, 0.5) is 5.82 Å². The molecule has 0 aliphatic rings. The fourth-order valence-electron chi connectivity index (χ4n) is 1.69. The first-order valence-electron chi connectivity index (χ1n) is 5.93. The Bertz CT molecular complexity index is 703. The molecule has 6 heteroatoms. The molecule has 0 aromatic carbocycles. The highest BCUT2D eigenvalue weighted by Crippen LogP contribution is 2.28. The molecule has 0 fully saturated rings. The number of aryl methyl sites for hydroxylation is 1. The van der Waals surface area contributed by atoms with Gasteiger partial charge in [0.2, 0.25) is 0 Å². The number of furan rings is 1. The number of hydrogen-bond donors (Lipinski definition) is 1. The summed E-state index contributed by atoms with van der Waals surface area (Å²) in [5.41, 5.74) is 2.93. The summed E-state index contributed by atoms with van der Waals surface area (Å²) in [6, 6.07) is 5.75.